The zero-order valence-electron chi connectivity index (χ0n) is 18.9. The number of amides is 1. The van der Waals surface area contributed by atoms with E-state index >= 15 is 0 Å². The number of aliphatic hydroxyl groups is 1. The number of ketones is 1. The molecule has 1 fully saturated rings. The van der Waals surface area contributed by atoms with Crippen molar-refractivity contribution >= 4 is 17.4 Å². The third-order valence-electron chi connectivity index (χ3n) is 5.72. The Labute approximate surface area is 188 Å². The lowest BCUT2D eigenvalue weighted by molar-refractivity contribution is -0.140. The largest absolute Gasteiger partial charge is 0.507 e. The number of aromatic nitrogens is 1. The third-order valence-corrected chi connectivity index (χ3v) is 5.72. The Hall–Kier alpha value is -3.39. The molecule has 1 aromatic heterocycles. The van der Waals surface area contributed by atoms with Crippen LogP contribution in [0.1, 0.15) is 31.1 Å². The number of methoxy groups -OCH3 is 2. The number of likely N-dealkylation sites (N-methyl/N-ethyl adjacent to an activating group) is 1. The van der Waals surface area contributed by atoms with Gasteiger partial charge in [-0.1, -0.05) is 19.9 Å². The van der Waals surface area contributed by atoms with Crippen LogP contribution < -0.4 is 9.47 Å². The van der Waals surface area contributed by atoms with Gasteiger partial charge in [-0.15, -0.1) is 0 Å². The van der Waals surface area contributed by atoms with Crippen molar-refractivity contribution in [2.45, 2.75) is 19.9 Å². The molecule has 32 heavy (non-hydrogen) atoms. The summed E-state index contributed by atoms with van der Waals surface area (Å²) in [6, 6.07) is 9.37. The molecule has 0 saturated carbocycles. The van der Waals surface area contributed by atoms with Crippen molar-refractivity contribution in [1.29, 1.82) is 0 Å². The molecule has 8 heteroatoms. The SMILES string of the molecule is CCN(CC)CCN1C(=O)C(=O)/C(=C(/O)c2ccc(OC)c(OC)c2)[C@H]1c1ccccn1. The molecule has 0 radical (unpaired) electrons. The molecule has 8 nitrogen and oxygen atoms in total. The van der Waals surface area contributed by atoms with Gasteiger partial charge in [-0.2, -0.15) is 0 Å². The van der Waals surface area contributed by atoms with Crippen LogP contribution in [-0.4, -0.2) is 72.0 Å². The number of likely N-dealkylation sites (tertiary alicyclic amines) is 1. The Morgan fingerprint density at radius 2 is 1.81 bits per heavy atom. The fraction of sp³-hybridized carbons (Fsp3) is 0.375. The van der Waals surface area contributed by atoms with Gasteiger partial charge in [-0.05, 0) is 43.4 Å². The fourth-order valence-corrected chi connectivity index (χ4v) is 3.88. The number of hydrogen-bond acceptors (Lipinski definition) is 7. The number of Topliss-reactive ketones (excluding diaryl/α,β-unsaturated/α-hetero) is 1. The first-order chi connectivity index (χ1) is 15.5. The summed E-state index contributed by atoms with van der Waals surface area (Å²) in [6.45, 7) is 6.71. The summed E-state index contributed by atoms with van der Waals surface area (Å²) < 4.78 is 10.6. The first-order valence-corrected chi connectivity index (χ1v) is 10.6. The van der Waals surface area contributed by atoms with Gasteiger partial charge in [0, 0.05) is 24.8 Å². The van der Waals surface area contributed by atoms with Gasteiger partial charge in [0.2, 0.25) is 0 Å². The molecule has 1 atom stereocenters. The van der Waals surface area contributed by atoms with Gasteiger partial charge in [-0.25, -0.2) is 0 Å². The molecule has 3 rings (SSSR count). The summed E-state index contributed by atoms with van der Waals surface area (Å²) in [5, 5.41) is 11.2. The van der Waals surface area contributed by atoms with Gasteiger partial charge in [0.1, 0.15) is 11.8 Å². The van der Waals surface area contributed by atoms with Crippen molar-refractivity contribution in [3.8, 4) is 11.5 Å². The zero-order chi connectivity index (χ0) is 23.3. The summed E-state index contributed by atoms with van der Waals surface area (Å²) in [6.07, 6.45) is 1.61. The summed E-state index contributed by atoms with van der Waals surface area (Å²) in [5.41, 5.74) is 0.888. The Balaban J connectivity index is 2.10. The number of aliphatic hydroxyl groups excluding tert-OH is 1. The van der Waals surface area contributed by atoms with E-state index < -0.39 is 17.7 Å². The van der Waals surface area contributed by atoms with E-state index in [0.29, 0.717) is 35.8 Å². The first-order valence-electron chi connectivity index (χ1n) is 10.6. The van der Waals surface area contributed by atoms with E-state index in [4.69, 9.17) is 9.47 Å². The Morgan fingerprint density at radius 1 is 1.09 bits per heavy atom. The van der Waals surface area contributed by atoms with Crippen LogP contribution in [0, 0.1) is 0 Å². The lowest BCUT2D eigenvalue weighted by Gasteiger charge is -2.27. The topological polar surface area (TPSA) is 92.2 Å². The van der Waals surface area contributed by atoms with Crippen molar-refractivity contribution < 1.29 is 24.2 Å². The Kier molecular flexibility index (Phi) is 7.48. The molecule has 1 amide bonds. The molecule has 1 aliphatic rings. The molecular weight excluding hydrogens is 410 g/mol. The van der Waals surface area contributed by atoms with Crippen LogP contribution in [0.3, 0.4) is 0 Å². The summed E-state index contributed by atoms with van der Waals surface area (Å²) in [5.74, 6) is -0.751. The van der Waals surface area contributed by atoms with E-state index in [1.54, 1.807) is 42.6 Å². The van der Waals surface area contributed by atoms with Crippen LogP contribution in [-0.2, 0) is 9.59 Å². The van der Waals surface area contributed by atoms with E-state index in [2.05, 4.69) is 9.88 Å². The number of nitrogens with zero attached hydrogens (tertiary/aromatic N) is 3. The molecule has 2 heterocycles. The van der Waals surface area contributed by atoms with E-state index in [0.717, 1.165) is 13.1 Å². The van der Waals surface area contributed by atoms with Gasteiger partial charge >= 0.3 is 0 Å². The lowest BCUT2D eigenvalue weighted by atomic mass is 9.98. The van der Waals surface area contributed by atoms with Crippen LogP contribution in [0.4, 0.5) is 0 Å². The monoisotopic (exact) mass is 439 g/mol. The normalized spacial score (nSPS) is 17.8. The summed E-state index contributed by atoms with van der Waals surface area (Å²) in [4.78, 5) is 34.1. The van der Waals surface area contributed by atoms with E-state index in [9.17, 15) is 14.7 Å². The number of carbonyl (C=O) groups excluding carboxylic acids is 2. The van der Waals surface area contributed by atoms with Crippen molar-refractivity contribution in [3.63, 3.8) is 0 Å². The number of rotatable bonds is 9. The molecule has 0 spiro atoms. The van der Waals surface area contributed by atoms with Crippen LogP contribution in [0.25, 0.3) is 5.76 Å². The molecule has 0 unspecified atom stereocenters. The average Bonchev–Trinajstić information content (AvgIpc) is 3.09. The molecule has 2 aromatic rings. The van der Waals surface area contributed by atoms with Crippen LogP contribution >= 0.6 is 0 Å². The standard InChI is InChI=1S/C24H29N3O5/c1-5-26(6-2)13-14-27-21(17-9-7-8-12-25-17)20(23(29)24(27)30)22(28)16-10-11-18(31-3)19(15-16)32-4/h7-12,15,21,28H,5-6,13-14H2,1-4H3/b22-20+/t21-/m1/s1. The molecular formula is C24H29N3O5. The maximum atomic E-state index is 13.1. The highest BCUT2D eigenvalue weighted by atomic mass is 16.5. The smallest absolute Gasteiger partial charge is 0.295 e. The number of benzene rings is 1. The molecule has 170 valence electrons. The molecule has 1 saturated heterocycles. The molecule has 1 N–H and O–H groups in total. The van der Waals surface area contributed by atoms with Crippen LogP contribution in [0.2, 0.25) is 0 Å². The number of ether oxygens (including phenoxy) is 2. The summed E-state index contributed by atoms with van der Waals surface area (Å²) >= 11 is 0. The molecule has 1 aliphatic heterocycles. The maximum absolute atomic E-state index is 13.1. The quantitative estimate of drug-likeness (QED) is 0.365. The highest BCUT2D eigenvalue weighted by Crippen LogP contribution is 2.39. The molecule has 0 aliphatic carbocycles. The van der Waals surface area contributed by atoms with Gasteiger partial charge in [0.15, 0.2) is 11.5 Å². The fourth-order valence-electron chi connectivity index (χ4n) is 3.88. The van der Waals surface area contributed by atoms with Crippen molar-refractivity contribution in [2.24, 2.45) is 0 Å². The van der Waals surface area contributed by atoms with Crippen LogP contribution in [0.5, 0.6) is 11.5 Å². The maximum Gasteiger partial charge on any atom is 0.295 e. The lowest BCUT2D eigenvalue weighted by Crippen LogP contribution is -2.38. The van der Waals surface area contributed by atoms with E-state index in [-0.39, 0.29) is 11.3 Å². The molecule has 1 aromatic carbocycles. The number of hydrogen-bond donors (Lipinski definition) is 1. The Bertz CT molecular complexity index is 1000. The van der Waals surface area contributed by atoms with Crippen LogP contribution in [0.15, 0.2) is 48.2 Å². The minimum atomic E-state index is -0.778. The van der Waals surface area contributed by atoms with Gasteiger partial charge in [0.25, 0.3) is 11.7 Å². The number of pyridine rings is 1. The second kappa shape index (κ2) is 10.3. The minimum Gasteiger partial charge on any atom is -0.507 e. The van der Waals surface area contributed by atoms with Crippen molar-refractivity contribution in [3.05, 3.63) is 59.4 Å². The summed E-state index contributed by atoms with van der Waals surface area (Å²) in [7, 11) is 3.00. The third kappa shape index (κ3) is 4.45. The van der Waals surface area contributed by atoms with E-state index in [1.807, 2.05) is 13.8 Å². The van der Waals surface area contributed by atoms with Gasteiger partial charge in [0.05, 0.1) is 25.5 Å². The van der Waals surface area contributed by atoms with Gasteiger partial charge in [-0.3, -0.25) is 14.6 Å². The highest BCUT2D eigenvalue weighted by molar-refractivity contribution is 6.46. The second-order valence-corrected chi connectivity index (χ2v) is 7.34. The predicted octanol–water partition coefficient (Wildman–Crippen LogP) is 2.86. The minimum absolute atomic E-state index is 0.0143. The average molecular weight is 440 g/mol. The predicted molar refractivity (Wildman–Crippen MR) is 121 cm³/mol. The zero-order valence-corrected chi connectivity index (χ0v) is 18.9. The molecule has 0 bridgehead atoms. The number of carbonyl (C=O) groups is 2. The highest BCUT2D eigenvalue weighted by Gasteiger charge is 2.46. The van der Waals surface area contributed by atoms with E-state index in [1.165, 1.54) is 19.1 Å². The first kappa shape index (κ1) is 23.3. The second-order valence-electron chi connectivity index (χ2n) is 7.34. The van der Waals surface area contributed by atoms with Crippen molar-refractivity contribution in [1.82, 2.24) is 14.8 Å². The van der Waals surface area contributed by atoms with Gasteiger partial charge < -0.3 is 24.4 Å². The Morgan fingerprint density at radius 3 is 2.41 bits per heavy atom. The van der Waals surface area contributed by atoms with Crippen molar-refractivity contribution in [2.75, 3.05) is 40.4 Å².